The monoisotopic (exact) mass is 452 g/mol. The van der Waals surface area contributed by atoms with Crippen molar-refractivity contribution >= 4 is 22.6 Å². The number of piperazine rings is 1. The molecule has 0 amide bonds. The summed E-state index contributed by atoms with van der Waals surface area (Å²) in [5.74, 6) is -1.62. The van der Waals surface area contributed by atoms with Crippen LogP contribution in [0.25, 0.3) is 22.1 Å². The Labute approximate surface area is 181 Å². The highest BCUT2D eigenvalue weighted by Gasteiger charge is 2.40. The average Bonchev–Trinajstić information content (AvgIpc) is 2.70. The molecule has 1 N–H and O–H groups in total. The van der Waals surface area contributed by atoms with Crippen molar-refractivity contribution in [2.24, 2.45) is 0 Å². The first-order valence-electron chi connectivity index (χ1n) is 9.71. The summed E-state index contributed by atoms with van der Waals surface area (Å²) >= 11 is 5.94. The van der Waals surface area contributed by atoms with Gasteiger partial charge in [0.1, 0.15) is 11.3 Å². The molecule has 1 saturated heterocycles. The number of hydrogen-bond acceptors (Lipinski definition) is 5. The van der Waals surface area contributed by atoms with Crippen molar-refractivity contribution in [1.29, 1.82) is 0 Å². The molecule has 1 aromatic heterocycles. The second kappa shape index (κ2) is 8.18. The molecular weight excluding hydrogens is 433 g/mol. The number of rotatable bonds is 3. The van der Waals surface area contributed by atoms with E-state index in [9.17, 15) is 23.1 Å². The summed E-state index contributed by atoms with van der Waals surface area (Å²) in [6.07, 6.45) is -4.92. The van der Waals surface area contributed by atoms with Crippen LogP contribution in [0.4, 0.5) is 13.2 Å². The Hall–Kier alpha value is -2.55. The number of aromatic hydroxyl groups is 1. The Morgan fingerprint density at radius 2 is 1.84 bits per heavy atom. The van der Waals surface area contributed by atoms with Gasteiger partial charge in [-0.15, -0.1) is 0 Å². The highest BCUT2D eigenvalue weighted by atomic mass is 35.5. The summed E-state index contributed by atoms with van der Waals surface area (Å²) in [4.78, 5) is 17.3. The maximum absolute atomic E-state index is 13.9. The lowest BCUT2D eigenvalue weighted by Gasteiger charge is -2.32. The van der Waals surface area contributed by atoms with Gasteiger partial charge in [-0.25, -0.2) is 0 Å². The van der Waals surface area contributed by atoms with Crippen LogP contribution in [0.1, 0.15) is 11.3 Å². The molecule has 3 aromatic rings. The Balaban J connectivity index is 1.93. The molecule has 1 fully saturated rings. The minimum Gasteiger partial charge on any atom is -0.507 e. The molecule has 1 aliphatic heterocycles. The molecule has 164 valence electrons. The molecular formula is C22H20ClF3N2O3. The van der Waals surface area contributed by atoms with Crippen LogP contribution in [-0.4, -0.2) is 48.1 Å². The first-order chi connectivity index (χ1) is 14.6. The van der Waals surface area contributed by atoms with Gasteiger partial charge in [-0.1, -0.05) is 23.7 Å². The van der Waals surface area contributed by atoms with Crippen LogP contribution in [0.2, 0.25) is 5.02 Å². The van der Waals surface area contributed by atoms with E-state index < -0.39 is 22.9 Å². The molecule has 0 aliphatic carbocycles. The maximum Gasteiger partial charge on any atom is 0.450 e. The molecule has 1 aliphatic rings. The van der Waals surface area contributed by atoms with Crippen molar-refractivity contribution in [3.05, 3.63) is 63.0 Å². The standard InChI is InChI=1S/C22H20ClF3N2O3/c1-27-7-9-28(10-8-27)12-16-17(29)6-5-15-19(30)18(13-3-2-4-14(23)11-13)21(22(24,25)26)31-20(15)16/h2-6,11,29H,7-10,12H2,1H3. The summed E-state index contributed by atoms with van der Waals surface area (Å²) < 4.78 is 47.1. The van der Waals surface area contributed by atoms with E-state index in [0.29, 0.717) is 13.1 Å². The lowest BCUT2D eigenvalue weighted by molar-refractivity contribution is -0.152. The first kappa shape index (κ1) is 21.7. The number of likely N-dealkylation sites (N-methyl/N-ethyl adjacent to an activating group) is 1. The minimum atomic E-state index is -4.92. The van der Waals surface area contributed by atoms with Crippen LogP contribution in [0, 0.1) is 0 Å². The Morgan fingerprint density at radius 1 is 1.13 bits per heavy atom. The predicted octanol–water partition coefficient (Wildman–Crippen LogP) is 4.59. The molecule has 31 heavy (non-hydrogen) atoms. The summed E-state index contributed by atoms with van der Waals surface area (Å²) in [6, 6.07) is 8.26. The molecule has 0 bridgehead atoms. The van der Waals surface area contributed by atoms with E-state index in [-0.39, 0.29) is 39.4 Å². The number of phenols is 1. The number of phenolic OH excluding ortho intramolecular Hbond substituents is 1. The van der Waals surface area contributed by atoms with Gasteiger partial charge in [0.15, 0.2) is 0 Å². The Bertz CT molecular complexity index is 1190. The Morgan fingerprint density at radius 3 is 2.48 bits per heavy atom. The molecule has 0 spiro atoms. The SMILES string of the molecule is CN1CCN(Cc2c(O)ccc3c(=O)c(-c4cccc(Cl)c4)c(C(F)(F)F)oc23)CC1. The van der Waals surface area contributed by atoms with Crippen molar-refractivity contribution in [3.63, 3.8) is 0 Å². The van der Waals surface area contributed by atoms with E-state index in [2.05, 4.69) is 4.90 Å². The average molecular weight is 453 g/mol. The molecule has 0 radical (unpaired) electrons. The van der Waals surface area contributed by atoms with Crippen molar-refractivity contribution in [3.8, 4) is 16.9 Å². The van der Waals surface area contributed by atoms with Crippen LogP contribution >= 0.6 is 11.6 Å². The second-order valence-electron chi connectivity index (χ2n) is 7.66. The number of nitrogens with zero attached hydrogens (tertiary/aromatic N) is 2. The third kappa shape index (κ3) is 4.28. The minimum absolute atomic E-state index is 0.0177. The van der Waals surface area contributed by atoms with Gasteiger partial charge in [0, 0.05) is 37.7 Å². The number of fused-ring (bicyclic) bond motifs is 1. The van der Waals surface area contributed by atoms with E-state index in [1.807, 2.05) is 11.9 Å². The lowest BCUT2D eigenvalue weighted by Crippen LogP contribution is -2.43. The van der Waals surface area contributed by atoms with Crippen molar-refractivity contribution in [2.75, 3.05) is 33.2 Å². The summed E-state index contributed by atoms with van der Waals surface area (Å²) in [6.45, 7) is 3.13. The number of benzene rings is 2. The third-order valence-corrected chi connectivity index (χ3v) is 5.72. The molecule has 4 rings (SSSR count). The molecule has 5 nitrogen and oxygen atoms in total. The zero-order chi connectivity index (χ0) is 22.3. The van der Waals surface area contributed by atoms with E-state index in [0.717, 1.165) is 13.1 Å². The third-order valence-electron chi connectivity index (χ3n) is 5.49. The highest BCUT2D eigenvalue weighted by Crippen LogP contribution is 2.39. The molecule has 0 atom stereocenters. The van der Waals surface area contributed by atoms with Gasteiger partial charge in [-0.3, -0.25) is 9.69 Å². The van der Waals surface area contributed by atoms with E-state index in [1.165, 1.54) is 36.4 Å². The van der Waals surface area contributed by atoms with Crippen LogP contribution in [0.3, 0.4) is 0 Å². The summed E-state index contributed by atoms with van der Waals surface area (Å²) in [7, 11) is 1.98. The number of hydrogen-bond donors (Lipinski definition) is 1. The maximum atomic E-state index is 13.9. The van der Waals surface area contributed by atoms with Crippen LogP contribution in [0.5, 0.6) is 5.75 Å². The molecule has 9 heteroatoms. The van der Waals surface area contributed by atoms with Gasteiger partial charge in [0.2, 0.25) is 11.2 Å². The van der Waals surface area contributed by atoms with Crippen molar-refractivity contribution in [2.45, 2.75) is 12.7 Å². The second-order valence-corrected chi connectivity index (χ2v) is 8.10. The van der Waals surface area contributed by atoms with Gasteiger partial charge in [0.05, 0.1) is 16.5 Å². The van der Waals surface area contributed by atoms with Crippen molar-refractivity contribution < 1.29 is 22.7 Å². The fourth-order valence-corrected chi connectivity index (χ4v) is 3.98. The highest BCUT2D eigenvalue weighted by molar-refractivity contribution is 6.30. The van der Waals surface area contributed by atoms with E-state index >= 15 is 0 Å². The molecule has 0 saturated carbocycles. The predicted molar refractivity (Wildman–Crippen MR) is 112 cm³/mol. The van der Waals surface area contributed by atoms with Gasteiger partial charge in [-0.2, -0.15) is 13.2 Å². The van der Waals surface area contributed by atoms with Crippen molar-refractivity contribution in [1.82, 2.24) is 9.80 Å². The number of alkyl halides is 3. The summed E-state index contributed by atoms with van der Waals surface area (Å²) in [5, 5.41) is 10.6. The smallest absolute Gasteiger partial charge is 0.450 e. The van der Waals surface area contributed by atoms with Crippen LogP contribution in [-0.2, 0) is 12.7 Å². The fraction of sp³-hybridized carbons (Fsp3) is 0.318. The zero-order valence-corrected chi connectivity index (χ0v) is 17.4. The van der Waals surface area contributed by atoms with Crippen LogP contribution < -0.4 is 5.43 Å². The largest absolute Gasteiger partial charge is 0.507 e. The lowest BCUT2D eigenvalue weighted by atomic mass is 10.00. The van der Waals surface area contributed by atoms with Gasteiger partial charge < -0.3 is 14.4 Å². The Kier molecular flexibility index (Phi) is 5.72. The molecule has 2 heterocycles. The quantitative estimate of drug-likeness (QED) is 0.630. The van der Waals surface area contributed by atoms with E-state index in [4.69, 9.17) is 16.0 Å². The molecule has 0 unspecified atom stereocenters. The fourth-order valence-electron chi connectivity index (χ4n) is 3.79. The van der Waals surface area contributed by atoms with Gasteiger partial charge >= 0.3 is 6.18 Å². The zero-order valence-electron chi connectivity index (χ0n) is 16.7. The normalized spacial score (nSPS) is 16.2. The number of halogens is 4. The first-order valence-corrected chi connectivity index (χ1v) is 10.1. The van der Waals surface area contributed by atoms with E-state index in [1.54, 1.807) is 0 Å². The van der Waals surface area contributed by atoms with Gasteiger partial charge in [0.25, 0.3) is 0 Å². The topological polar surface area (TPSA) is 56.9 Å². The molecule has 2 aromatic carbocycles. The van der Waals surface area contributed by atoms with Gasteiger partial charge in [-0.05, 0) is 36.9 Å². The van der Waals surface area contributed by atoms with Crippen LogP contribution in [0.15, 0.2) is 45.6 Å². The summed E-state index contributed by atoms with van der Waals surface area (Å²) in [5.41, 5.74) is -1.48.